The zero-order chi connectivity index (χ0) is 31.7. The van der Waals surface area contributed by atoms with Crippen molar-refractivity contribution in [2.75, 3.05) is 0 Å². The normalized spacial score (nSPS) is 14.9. The van der Waals surface area contributed by atoms with Crippen molar-refractivity contribution in [3.63, 3.8) is 0 Å². The molecule has 3 aromatic rings. The second kappa shape index (κ2) is 13.3. The van der Waals surface area contributed by atoms with Crippen molar-refractivity contribution in [2.24, 2.45) is 0 Å². The zero-order valence-electron chi connectivity index (χ0n) is 29.3. The molecule has 3 aromatic carbocycles. The van der Waals surface area contributed by atoms with Crippen LogP contribution in [0.2, 0.25) is 5.02 Å². The van der Waals surface area contributed by atoms with Crippen LogP contribution >= 0.6 is 11.6 Å². The molecular formula is C41H51Cl3Zr. The largest absolute Gasteiger partial charge is 1.00 e. The predicted octanol–water partition coefficient (Wildman–Crippen LogP) is 5.92. The molecule has 0 amide bonds. The fraction of sp³-hybridized carbons (Fsp3) is 0.439. The van der Waals surface area contributed by atoms with Crippen LogP contribution in [0.3, 0.4) is 0 Å². The van der Waals surface area contributed by atoms with Crippen LogP contribution in [0, 0.1) is 0 Å². The quantitative estimate of drug-likeness (QED) is 0.313. The van der Waals surface area contributed by atoms with Crippen molar-refractivity contribution in [3.8, 4) is 11.1 Å². The minimum absolute atomic E-state index is 0. The number of halogens is 3. The van der Waals surface area contributed by atoms with Gasteiger partial charge in [0.15, 0.2) is 0 Å². The molecule has 0 saturated heterocycles. The summed E-state index contributed by atoms with van der Waals surface area (Å²) in [6, 6.07) is 19.0. The van der Waals surface area contributed by atoms with E-state index < -0.39 is 21.3 Å². The second-order valence-electron chi connectivity index (χ2n) is 16.9. The van der Waals surface area contributed by atoms with E-state index in [-0.39, 0.29) is 46.5 Å². The molecule has 5 rings (SSSR count). The van der Waals surface area contributed by atoms with Crippen molar-refractivity contribution >= 4 is 15.3 Å². The summed E-state index contributed by atoms with van der Waals surface area (Å²) in [4.78, 5) is 0. The third-order valence-corrected chi connectivity index (χ3v) is 16.8. The maximum atomic E-state index is 6.34. The third kappa shape index (κ3) is 7.75. The Morgan fingerprint density at radius 2 is 1.02 bits per heavy atom. The molecule has 0 spiro atoms. The van der Waals surface area contributed by atoms with Gasteiger partial charge in [-0.1, -0.05) is 0 Å². The van der Waals surface area contributed by atoms with Crippen LogP contribution in [0.4, 0.5) is 0 Å². The Kier molecular flexibility index (Phi) is 11.3. The first-order valence-electron chi connectivity index (χ1n) is 16.0. The smallest absolute Gasteiger partial charge is 1.00 e. The summed E-state index contributed by atoms with van der Waals surface area (Å²) in [6.07, 6.45) is 8.17. The molecule has 0 N–H and O–H groups in total. The van der Waals surface area contributed by atoms with Gasteiger partial charge in [0.1, 0.15) is 0 Å². The van der Waals surface area contributed by atoms with E-state index in [0.717, 1.165) is 11.4 Å². The van der Waals surface area contributed by atoms with Gasteiger partial charge in [-0.2, -0.15) is 0 Å². The van der Waals surface area contributed by atoms with Gasteiger partial charge in [0, 0.05) is 0 Å². The van der Waals surface area contributed by atoms with Gasteiger partial charge >= 0.3 is 277 Å². The van der Waals surface area contributed by atoms with Crippen molar-refractivity contribution < 1.29 is 46.1 Å². The summed E-state index contributed by atoms with van der Waals surface area (Å²) in [7, 11) is 0. The molecule has 45 heavy (non-hydrogen) atoms. The molecule has 2 aliphatic rings. The summed E-state index contributed by atoms with van der Waals surface area (Å²) in [6.45, 7) is 28.6. The molecule has 0 saturated carbocycles. The number of fused-ring (bicyclic) bond motifs is 3. The predicted molar refractivity (Wildman–Crippen MR) is 187 cm³/mol. The fourth-order valence-corrected chi connectivity index (χ4v) is 14.6. The summed E-state index contributed by atoms with van der Waals surface area (Å²) in [5, 5.41) is 0.801. The Bertz CT molecular complexity index is 1580. The SMILES string of the molecule is CC(C)(C)c1cc2c(cc1C(C)(C)C)[CH](/[Zr+2](=[CH]/c1ccc(Cl)cc1)[C]1=CC=CC1)c1cc(C(C)(C)C)c(C(C)(C)C)cc1-2.[Cl-].[Cl-]. The van der Waals surface area contributed by atoms with Gasteiger partial charge in [-0.25, -0.2) is 0 Å². The van der Waals surface area contributed by atoms with Gasteiger partial charge < -0.3 is 24.8 Å². The van der Waals surface area contributed by atoms with E-state index in [1.807, 2.05) is 12.1 Å². The molecule has 0 radical (unpaired) electrons. The number of rotatable bonds is 3. The molecule has 0 aliphatic heterocycles. The molecule has 0 unspecified atom stereocenters. The Labute approximate surface area is 299 Å². The molecule has 0 aromatic heterocycles. The molecule has 0 bridgehead atoms. The fourth-order valence-electron chi connectivity index (χ4n) is 6.92. The van der Waals surface area contributed by atoms with E-state index in [2.05, 4.69) is 141 Å². The zero-order valence-corrected chi connectivity index (χ0v) is 34.1. The van der Waals surface area contributed by atoms with Crippen molar-refractivity contribution in [1.29, 1.82) is 0 Å². The van der Waals surface area contributed by atoms with Crippen LogP contribution in [0.1, 0.15) is 132 Å². The van der Waals surface area contributed by atoms with E-state index in [4.69, 9.17) is 11.6 Å². The molecule has 240 valence electrons. The van der Waals surface area contributed by atoms with Gasteiger partial charge in [0.2, 0.25) is 0 Å². The topological polar surface area (TPSA) is 0 Å². The van der Waals surface area contributed by atoms with E-state index in [9.17, 15) is 0 Å². The Morgan fingerprint density at radius 1 is 0.622 bits per heavy atom. The van der Waals surface area contributed by atoms with Gasteiger partial charge in [0.25, 0.3) is 0 Å². The number of hydrogen-bond donors (Lipinski definition) is 0. The maximum absolute atomic E-state index is 6.34. The number of hydrogen-bond acceptors (Lipinski definition) is 0. The summed E-state index contributed by atoms with van der Waals surface area (Å²) in [5.74, 6) is 0. The van der Waals surface area contributed by atoms with E-state index >= 15 is 0 Å². The first kappa shape index (κ1) is 38.2. The minimum Gasteiger partial charge on any atom is -1.00 e. The second-order valence-corrected chi connectivity index (χ2v) is 23.3. The van der Waals surface area contributed by atoms with Crippen LogP contribution in [0.25, 0.3) is 11.1 Å². The van der Waals surface area contributed by atoms with E-state index in [1.54, 1.807) is 14.4 Å². The maximum Gasteiger partial charge on any atom is -1.00 e. The monoisotopic (exact) mass is 738 g/mol. The minimum atomic E-state index is -2.49. The van der Waals surface area contributed by atoms with Crippen LogP contribution < -0.4 is 24.8 Å². The first-order chi connectivity index (χ1) is 19.8. The van der Waals surface area contributed by atoms with Gasteiger partial charge in [0.05, 0.1) is 0 Å². The number of allylic oxidation sites excluding steroid dienone is 4. The van der Waals surface area contributed by atoms with E-state index in [0.29, 0.717) is 3.63 Å². The Balaban J connectivity index is 0.00000276. The van der Waals surface area contributed by atoms with Crippen molar-refractivity contribution in [1.82, 2.24) is 0 Å². The van der Waals surface area contributed by atoms with Gasteiger partial charge in [-0.15, -0.1) is 0 Å². The molecule has 4 heteroatoms. The Hall–Kier alpha value is -1.24. The summed E-state index contributed by atoms with van der Waals surface area (Å²) in [5.41, 5.74) is 13.6. The molecular weight excluding hydrogens is 690 g/mol. The molecule has 0 atom stereocenters. The average molecular weight is 741 g/mol. The molecule has 0 heterocycles. The summed E-state index contributed by atoms with van der Waals surface area (Å²) >= 11 is 3.85. The van der Waals surface area contributed by atoms with Crippen molar-refractivity contribution in [2.45, 2.75) is 115 Å². The Morgan fingerprint density at radius 3 is 1.38 bits per heavy atom. The van der Waals surface area contributed by atoms with Crippen LogP contribution in [-0.4, -0.2) is 3.71 Å². The van der Waals surface area contributed by atoms with Gasteiger partial charge in [-0.3, -0.25) is 0 Å². The standard InChI is InChI=1S/C29H41.C7H5Cl.C5H5.2ClH.Zr/c1-26(2,3)22-14-18-13-19-15-23(27(4,5)6)25(29(10,11)12)17-21(19)20(18)16-24(22)28(7,8)9;1-6-2-4-7(8)5-3-6;1-2-4-5-3-1;;;/h13-17H,1-12H3;1-5H;1-3H,4H2;2*1H;/q;;;;;+2/p-2. The molecule has 0 fully saturated rings. The molecule has 0 nitrogen and oxygen atoms in total. The van der Waals surface area contributed by atoms with Crippen molar-refractivity contribution in [3.05, 3.63) is 114 Å². The average Bonchev–Trinajstić information content (AvgIpc) is 3.51. The van der Waals surface area contributed by atoms with E-state index in [1.165, 1.54) is 38.9 Å². The molecule has 2 aliphatic carbocycles. The van der Waals surface area contributed by atoms with Crippen LogP contribution in [0.5, 0.6) is 0 Å². The number of benzene rings is 3. The van der Waals surface area contributed by atoms with Crippen LogP contribution in [0.15, 0.2) is 70.0 Å². The third-order valence-electron chi connectivity index (χ3n) is 9.17. The first-order valence-corrected chi connectivity index (χ1v) is 20.4. The van der Waals surface area contributed by atoms with Gasteiger partial charge in [-0.05, 0) is 0 Å². The van der Waals surface area contributed by atoms with Crippen LogP contribution in [-0.2, 0) is 42.9 Å². The summed E-state index contributed by atoms with van der Waals surface area (Å²) < 4.78 is 4.80.